The van der Waals surface area contributed by atoms with Crippen LogP contribution in [0.2, 0.25) is 0 Å². The van der Waals surface area contributed by atoms with Crippen LogP contribution in [0.5, 0.6) is 0 Å². The Labute approximate surface area is 277 Å². The summed E-state index contributed by atoms with van der Waals surface area (Å²) in [7, 11) is 0. The number of esters is 4. The first kappa shape index (κ1) is 35.0. The van der Waals surface area contributed by atoms with E-state index in [9.17, 15) is 19.2 Å². The Kier molecular flexibility index (Phi) is 11.5. The Bertz CT molecular complexity index is 1690. The SMILES string of the molecule is CCOC(=O)c1c(SCCSc2c(C(=O)OCC)c3c(C)cc(C)cn3c2C(=O)OCC)c(C(=O)OCC)n2cc(C)cc(C)c12. The van der Waals surface area contributed by atoms with Crippen LogP contribution in [0.4, 0.5) is 0 Å². The van der Waals surface area contributed by atoms with Crippen molar-refractivity contribution in [3.8, 4) is 0 Å². The molecule has 4 aromatic heterocycles. The topological polar surface area (TPSA) is 114 Å². The smallest absolute Gasteiger partial charge is 0.356 e. The number of aryl methyl sites for hydroxylation is 4. The molecule has 12 heteroatoms. The average Bonchev–Trinajstić information content (AvgIpc) is 3.48. The van der Waals surface area contributed by atoms with E-state index in [-0.39, 0.29) is 37.8 Å². The van der Waals surface area contributed by atoms with Gasteiger partial charge in [0.2, 0.25) is 0 Å². The average molecular weight is 669 g/mol. The molecule has 0 bridgehead atoms. The lowest BCUT2D eigenvalue weighted by atomic mass is 10.1. The summed E-state index contributed by atoms with van der Waals surface area (Å²) in [6, 6.07) is 3.90. The van der Waals surface area contributed by atoms with Gasteiger partial charge in [-0.1, -0.05) is 12.1 Å². The van der Waals surface area contributed by atoms with Crippen molar-refractivity contribution < 1.29 is 38.1 Å². The predicted octanol–water partition coefficient (Wildman–Crippen LogP) is 7.02. The van der Waals surface area contributed by atoms with E-state index in [4.69, 9.17) is 18.9 Å². The standard InChI is InChI=1S/C34H40N2O8S2/c1-9-41-31(37)23-25-21(7)15-19(5)17-35(25)27(33(39)43-11-3)29(23)45-13-14-46-30-24(32(38)42-10-2)26-22(8)16-20(6)18-36(26)28(30)34(40)44-12-4/h15-18H,9-14H2,1-8H3. The molecule has 0 saturated heterocycles. The number of nitrogens with zero attached hydrogens (tertiary/aromatic N) is 2. The number of thioether (sulfide) groups is 2. The molecular formula is C34H40N2O8S2. The molecule has 0 aromatic carbocycles. The second-order valence-electron chi connectivity index (χ2n) is 10.5. The third-order valence-corrected chi connectivity index (χ3v) is 9.54. The molecule has 246 valence electrons. The third kappa shape index (κ3) is 6.78. The Hall–Kier alpha value is -3.90. The molecule has 0 spiro atoms. The molecule has 4 rings (SSSR count). The van der Waals surface area contributed by atoms with Gasteiger partial charge in [-0.2, -0.15) is 0 Å². The van der Waals surface area contributed by atoms with Crippen LogP contribution in [0.1, 0.15) is 91.6 Å². The van der Waals surface area contributed by atoms with Gasteiger partial charge in [-0.3, -0.25) is 0 Å². The summed E-state index contributed by atoms with van der Waals surface area (Å²) in [4.78, 5) is 54.4. The summed E-state index contributed by atoms with van der Waals surface area (Å²) in [6.07, 6.45) is 3.62. The van der Waals surface area contributed by atoms with Gasteiger partial charge < -0.3 is 27.7 Å². The summed E-state index contributed by atoms with van der Waals surface area (Å²) in [5.74, 6) is -1.34. The molecule has 46 heavy (non-hydrogen) atoms. The number of rotatable bonds is 13. The van der Waals surface area contributed by atoms with Crippen molar-refractivity contribution in [1.29, 1.82) is 0 Å². The third-order valence-electron chi connectivity index (χ3n) is 7.10. The zero-order valence-electron chi connectivity index (χ0n) is 27.5. The van der Waals surface area contributed by atoms with E-state index in [2.05, 4.69) is 0 Å². The van der Waals surface area contributed by atoms with Gasteiger partial charge in [0.25, 0.3) is 0 Å². The second kappa shape index (κ2) is 15.1. The number of pyridine rings is 2. The van der Waals surface area contributed by atoms with E-state index in [0.29, 0.717) is 43.5 Å². The molecule has 10 nitrogen and oxygen atoms in total. The van der Waals surface area contributed by atoms with Crippen molar-refractivity contribution in [3.05, 3.63) is 69.3 Å². The quantitative estimate of drug-likeness (QED) is 0.0638. The molecule has 0 aliphatic carbocycles. The molecule has 0 radical (unpaired) electrons. The lowest BCUT2D eigenvalue weighted by molar-refractivity contribution is 0.0498. The first-order valence-corrected chi connectivity index (χ1v) is 17.2. The highest BCUT2D eigenvalue weighted by Crippen LogP contribution is 2.39. The van der Waals surface area contributed by atoms with E-state index in [1.165, 1.54) is 23.5 Å². The zero-order valence-corrected chi connectivity index (χ0v) is 29.2. The molecule has 0 amide bonds. The lowest BCUT2D eigenvalue weighted by Crippen LogP contribution is -2.11. The largest absolute Gasteiger partial charge is 0.462 e. The lowest BCUT2D eigenvalue weighted by Gasteiger charge is -2.09. The summed E-state index contributed by atoms with van der Waals surface area (Å²) < 4.78 is 25.2. The maximum Gasteiger partial charge on any atom is 0.356 e. The van der Waals surface area contributed by atoms with Gasteiger partial charge in [0.15, 0.2) is 0 Å². The van der Waals surface area contributed by atoms with E-state index >= 15 is 0 Å². The highest BCUT2D eigenvalue weighted by atomic mass is 32.2. The molecule has 0 atom stereocenters. The number of hydrogen-bond donors (Lipinski definition) is 0. The molecule has 0 aliphatic rings. The van der Waals surface area contributed by atoms with Crippen LogP contribution in [0.15, 0.2) is 34.3 Å². The van der Waals surface area contributed by atoms with Crippen LogP contribution < -0.4 is 0 Å². The Morgan fingerprint density at radius 3 is 1.22 bits per heavy atom. The fourth-order valence-corrected chi connectivity index (χ4v) is 7.96. The van der Waals surface area contributed by atoms with Gasteiger partial charge in [-0.05, 0) is 77.6 Å². The van der Waals surface area contributed by atoms with E-state index < -0.39 is 23.9 Å². The highest BCUT2D eigenvalue weighted by Gasteiger charge is 2.32. The molecule has 0 N–H and O–H groups in total. The minimum Gasteiger partial charge on any atom is -0.462 e. The van der Waals surface area contributed by atoms with Gasteiger partial charge >= 0.3 is 23.9 Å². The first-order chi connectivity index (χ1) is 22.0. The summed E-state index contributed by atoms with van der Waals surface area (Å²) in [5.41, 5.74) is 5.74. The van der Waals surface area contributed by atoms with Gasteiger partial charge in [0, 0.05) is 23.9 Å². The minimum atomic E-state index is -0.549. The van der Waals surface area contributed by atoms with Crippen molar-refractivity contribution in [2.24, 2.45) is 0 Å². The number of hydrogen-bond acceptors (Lipinski definition) is 10. The fourth-order valence-electron chi connectivity index (χ4n) is 5.60. The van der Waals surface area contributed by atoms with Crippen molar-refractivity contribution in [2.75, 3.05) is 37.9 Å². The number of carbonyl (C=O) groups is 4. The first-order valence-electron chi connectivity index (χ1n) is 15.2. The molecule has 0 aliphatic heterocycles. The molecule has 0 saturated carbocycles. The van der Waals surface area contributed by atoms with Crippen LogP contribution in [0, 0.1) is 27.7 Å². The normalized spacial score (nSPS) is 11.2. The summed E-state index contributed by atoms with van der Waals surface area (Å²) >= 11 is 2.64. The van der Waals surface area contributed by atoms with Crippen LogP contribution in [0.3, 0.4) is 0 Å². The highest BCUT2D eigenvalue weighted by molar-refractivity contribution is 8.03. The molecule has 0 fully saturated rings. The number of fused-ring (bicyclic) bond motifs is 2. The van der Waals surface area contributed by atoms with Crippen LogP contribution in [-0.2, 0) is 18.9 Å². The maximum atomic E-state index is 13.4. The Morgan fingerprint density at radius 2 is 0.891 bits per heavy atom. The Balaban J connectivity index is 1.81. The number of ether oxygens (including phenoxy) is 4. The summed E-state index contributed by atoms with van der Waals surface area (Å²) in [6.45, 7) is 15.2. The minimum absolute atomic E-state index is 0.167. The molecular weight excluding hydrogens is 629 g/mol. The van der Waals surface area contributed by atoms with E-state index in [1.54, 1.807) is 36.5 Å². The zero-order chi connectivity index (χ0) is 33.7. The van der Waals surface area contributed by atoms with Crippen molar-refractivity contribution in [2.45, 2.75) is 65.2 Å². The second-order valence-corrected chi connectivity index (χ2v) is 12.7. The van der Waals surface area contributed by atoms with Crippen molar-refractivity contribution in [3.63, 3.8) is 0 Å². The Morgan fingerprint density at radius 1 is 0.565 bits per heavy atom. The van der Waals surface area contributed by atoms with Crippen molar-refractivity contribution in [1.82, 2.24) is 8.80 Å². The monoisotopic (exact) mass is 668 g/mol. The van der Waals surface area contributed by atoms with Gasteiger partial charge in [0.05, 0.1) is 58.4 Å². The van der Waals surface area contributed by atoms with Crippen molar-refractivity contribution >= 4 is 58.4 Å². The summed E-state index contributed by atoms with van der Waals surface area (Å²) in [5, 5.41) is 0. The predicted molar refractivity (Wildman–Crippen MR) is 179 cm³/mol. The fraction of sp³-hybridized carbons (Fsp3) is 0.412. The number of carbonyl (C=O) groups excluding carboxylic acids is 4. The molecule has 0 unspecified atom stereocenters. The van der Waals surface area contributed by atoms with Gasteiger partial charge in [0.1, 0.15) is 11.4 Å². The van der Waals surface area contributed by atoms with E-state index in [1.807, 2.05) is 52.2 Å². The molecule has 4 aromatic rings. The van der Waals surface area contributed by atoms with Gasteiger partial charge in [-0.25, -0.2) is 19.2 Å². The number of aromatic nitrogens is 2. The van der Waals surface area contributed by atoms with Gasteiger partial charge in [-0.15, -0.1) is 23.5 Å². The maximum absolute atomic E-state index is 13.4. The molecule has 4 heterocycles. The van der Waals surface area contributed by atoms with Crippen LogP contribution in [-0.4, -0.2) is 70.6 Å². The van der Waals surface area contributed by atoms with Crippen LogP contribution >= 0.6 is 23.5 Å². The van der Waals surface area contributed by atoms with Crippen LogP contribution in [0.25, 0.3) is 11.0 Å². The van der Waals surface area contributed by atoms with E-state index in [0.717, 1.165) is 22.3 Å².